The molecular formula is C58H48N4O2S8Zn. The number of carbonyl (C=O) groups excluding carboxylic acids is 2. The predicted molar refractivity (Wildman–Crippen MR) is 316 cm³/mol. The van der Waals surface area contributed by atoms with Crippen molar-refractivity contribution in [3.63, 3.8) is 0 Å². The van der Waals surface area contributed by atoms with Gasteiger partial charge in [0.05, 0.1) is 31.2 Å². The Morgan fingerprint density at radius 3 is 1.10 bits per heavy atom. The fraction of sp³-hybridized carbons (Fsp3) is 0.207. The number of fused-ring (bicyclic) bond motifs is 8. The number of thiophene rings is 6. The molecule has 73 heavy (non-hydrogen) atoms. The van der Waals surface area contributed by atoms with Crippen molar-refractivity contribution in [2.45, 2.75) is 87.5 Å². The molecule has 0 fully saturated rings. The summed E-state index contributed by atoms with van der Waals surface area (Å²) in [5, 5.41) is 0.202. The molecule has 9 aromatic rings. The van der Waals surface area contributed by atoms with Crippen LogP contribution in [0.2, 0.25) is 0 Å². The zero-order chi connectivity index (χ0) is 49.3. The number of carbonyl (C=O) groups is 2. The van der Waals surface area contributed by atoms with E-state index in [0.717, 1.165) is 137 Å². The quantitative estimate of drug-likeness (QED) is 0.0537. The molecule has 11 rings (SSSR count). The number of rotatable bonds is 16. The molecule has 0 spiro atoms. The number of unbranched alkanes of at least 4 members (excludes halogenated alkanes) is 4. The van der Waals surface area contributed by atoms with Crippen LogP contribution in [0, 0.1) is 0 Å². The smallest absolute Gasteiger partial charge is 0.657 e. The van der Waals surface area contributed by atoms with Crippen molar-refractivity contribution in [2.24, 2.45) is 0 Å². The zero-order valence-electron chi connectivity index (χ0n) is 40.8. The van der Waals surface area contributed by atoms with Gasteiger partial charge in [0, 0.05) is 73.7 Å². The largest absolute Gasteiger partial charge is 2.00 e. The van der Waals surface area contributed by atoms with E-state index >= 15 is 0 Å². The number of aromatic nitrogens is 4. The molecule has 6 nitrogen and oxygen atoms in total. The van der Waals surface area contributed by atoms with Gasteiger partial charge in [-0.3, -0.25) is 9.59 Å². The van der Waals surface area contributed by atoms with E-state index in [-0.39, 0.29) is 29.7 Å². The average molecular weight is 1150 g/mol. The monoisotopic (exact) mass is 1150 g/mol. The van der Waals surface area contributed by atoms with Crippen molar-refractivity contribution in [3.05, 3.63) is 131 Å². The van der Waals surface area contributed by atoms with Gasteiger partial charge >= 0.3 is 19.5 Å². The molecule has 11 heterocycles. The van der Waals surface area contributed by atoms with Crippen molar-refractivity contribution in [1.29, 1.82) is 0 Å². The number of aryl methyl sites for hydroxylation is 2. The molecule has 0 saturated carbocycles. The van der Waals surface area contributed by atoms with Crippen LogP contribution in [-0.4, -0.2) is 20.2 Å². The van der Waals surface area contributed by atoms with E-state index in [1.807, 2.05) is 12.1 Å². The SMILES string of the molecule is CCCCCc1c2nc(c(-c3ccc(-c4ccc(-c5ccc(SC(C)=O)s5)s4)s3)c3ccc([n-]3)c(CCCCC)c3nc(c(-c4ccc(-c5ccc(-c6ccc(SC(C)=O)s6)s5)s4)c4ccc1[n-]4)C=C3)C=C2.[Zn+2]. The van der Waals surface area contributed by atoms with Gasteiger partial charge in [0.15, 0.2) is 10.2 Å². The molecule has 0 unspecified atom stereocenters. The van der Waals surface area contributed by atoms with Gasteiger partial charge < -0.3 is 9.97 Å². The summed E-state index contributed by atoms with van der Waals surface area (Å²) in [5.41, 5.74) is 11.8. The van der Waals surface area contributed by atoms with E-state index in [1.54, 1.807) is 81.9 Å². The molecule has 0 aliphatic carbocycles. The first kappa shape index (κ1) is 51.9. The predicted octanol–water partition coefficient (Wildman–Crippen LogP) is 19.0. The fourth-order valence-corrected chi connectivity index (χ4v) is 17.4. The maximum Gasteiger partial charge on any atom is 2.00 e. The van der Waals surface area contributed by atoms with Crippen LogP contribution in [0.3, 0.4) is 0 Å². The molecule has 362 valence electrons. The van der Waals surface area contributed by atoms with E-state index in [4.69, 9.17) is 19.9 Å². The van der Waals surface area contributed by atoms with Crippen LogP contribution in [0.1, 0.15) is 100 Å². The molecular weight excluding hydrogens is 1110 g/mol. The topological polar surface area (TPSA) is 88.1 Å². The van der Waals surface area contributed by atoms with E-state index in [2.05, 4.69) is 123 Å². The second-order valence-corrected chi connectivity index (χ2v) is 27.0. The third kappa shape index (κ3) is 11.4. The first-order chi connectivity index (χ1) is 35.2. The molecule has 0 aromatic carbocycles. The van der Waals surface area contributed by atoms with Crippen LogP contribution < -0.4 is 9.97 Å². The second-order valence-electron chi connectivity index (χ2n) is 17.6. The zero-order valence-corrected chi connectivity index (χ0v) is 50.3. The summed E-state index contributed by atoms with van der Waals surface area (Å²) in [7, 11) is 0. The fourth-order valence-electron chi connectivity index (χ4n) is 9.04. The molecule has 0 saturated heterocycles. The molecule has 0 amide bonds. The van der Waals surface area contributed by atoms with Gasteiger partial charge in [-0.05, 0) is 157 Å². The van der Waals surface area contributed by atoms with E-state index in [9.17, 15) is 9.59 Å². The third-order valence-electron chi connectivity index (χ3n) is 12.4. The van der Waals surface area contributed by atoms with Gasteiger partial charge in [-0.15, -0.1) is 90.1 Å². The van der Waals surface area contributed by atoms with Crippen molar-refractivity contribution in [1.82, 2.24) is 19.9 Å². The van der Waals surface area contributed by atoms with Crippen LogP contribution in [0.25, 0.3) is 106 Å². The Hall–Kier alpha value is -4.54. The van der Waals surface area contributed by atoms with E-state index < -0.39 is 0 Å². The molecule has 8 bridgehead atoms. The van der Waals surface area contributed by atoms with Crippen LogP contribution >= 0.6 is 91.5 Å². The van der Waals surface area contributed by atoms with E-state index in [0.29, 0.717) is 0 Å². The van der Waals surface area contributed by atoms with Gasteiger partial charge in [0.1, 0.15) is 0 Å². The summed E-state index contributed by atoms with van der Waals surface area (Å²) in [6.45, 7) is 7.73. The molecule has 15 heteroatoms. The molecule has 0 atom stereocenters. The summed E-state index contributed by atoms with van der Waals surface area (Å²) in [4.78, 5) is 57.4. The first-order valence-corrected chi connectivity index (χ1v) is 30.7. The summed E-state index contributed by atoms with van der Waals surface area (Å²) in [6, 6.07) is 34.8. The molecule has 2 aliphatic heterocycles. The Morgan fingerprint density at radius 2 is 0.726 bits per heavy atom. The van der Waals surface area contributed by atoms with Gasteiger partial charge in [0.2, 0.25) is 0 Å². The van der Waals surface area contributed by atoms with E-state index in [1.165, 1.54) is 62.5 Å². The minimum atomic E-state index is 0. The standard InChI is InChI=1S/C58H48N4O2S8.Zn/c1-5-7-9-11-35-37-13-17-41(59-37)57(53-27-25-47(69-53)45-21-23-49(67-45)51-29-31-55(71-51)65-33(3)63)43-19-15-39(61-43)36(12-10-8-6-2)40-16-20-44(62-40)58(42-18-14-38(35)60-42)54-28-26-48(70-54)46-22-24-50(68-46)52-30-32-56(72-52)66-34(4)64;/h13-32H,5-12H2,1-4H3;/q-2;+2. The van der Waals surface area contributed by atoms with Crippen molar-refractivity contribution < 1.29 is 29.1 Å². The van der Waals surface area contributed by atoms with Crippen LogP contribution in [0.5, 0.6) is 0 Å². The summed E-state index contributed by atoms with van der Waals surface area (Å²) in [5.74, 6) is 0. The van der Waals surface area contributed by atoms with Crippen LogP contribution in [0.4, 0.5) is 0 Å². The maximum absolute atomic E-state index is 11.8. The minimum absolute atomic E-state index is 0. The number of nitrogens with zero attached hydrogens (tertiary/aromatic N) is 4. The molecule has 2 aliphatic rings. The maximum atomic E-state index is 11.8. The van der Waals surface area contributed by atoms with Crippen molar-refractivity contribution in [2.75, 3.05) is 0 Å². The van der Waals surface area contributed by atoms with Crippen LogP contribution in [0.15, 0.2) is 105 Å². The summed E-state index contributed by atoms with van der Waals surface area (Å²) < 4.78 is 2.03. The Balaban J connectivity index is 0.00000611. The number of hydrogen-bond donors (Lipinski definition) is 0. The van der Waals surface area contributed by atoms with Gasteiger partial charge in [-0.2, -0.15) is 0 Å². The molecule has 9 aromatic heterocycles. The van der Waals surface area contributed by atoms with Gasteiger partial charge in [-0.1, -0.05) is 63.8 Å². The minimum Gasteiger partial charge on any atom is -0.657 e. The third-order valence-corrected chi connectivity index (χ3v) is 21.6. The number of thioether (sulfide) groups is 2. The summed E-state index contributed by atoms with van der Waals surface area (Å²) in [6.07, 6.45) is 17.0. The van der Waals surface area contributed by atoms with Crippen molar-refractivity contribution in [3.8, 4) is 59.9 Å². The first-order valence-electron chi connectivity index (χ1n) is 24.2. The normalized spacial score (nSPS) is 12.0. The number of hydrogen-bond acceptors (Lipinski definition) is 12. The Kier molecular flexibility index (Phi) is 16.5. The Morgan fingerprint density at radius 1 is 0.411 bits per heavy atom. The Labute approximate surface area is 471 Å². The second kappa shape index (κ2) is 23.1. The molecule has 0 radical (unpaired) electrons. The Bertz CT molecular complexity index is 3490. The van der Waals surface area contributed by atoms with Gasteiger partial charge in [0.25, 0.3) is 0 Å². The molecule has 0 N–H and O–H groups in total. The average Bonchev–Trinajstić information content (AvgIpc) is 4.20. The van der Waals surface area contributed by atoms with Gasteiger partial charge in [-0.25, -0.2) is 9.97 Å². The van der Waals surface area contributed by atoms with Crippen LogP contribution in [-0.2, 0) is 41.9 Å². The van der Waals surface area contributed by atoms with Crippen molar-refractivity contribution >= 4 is 148 Å². The summed E-state index contributed by atoms with van der Waals surface area (Å²) >= 11 is 13.0.